The van der Waals surface area contributed by atoms with Crippen molar-refractivity contribution >= 4 is 56.0 Å². The molecule has 2 aromatic carbocycles. The lowest BCUT2D eigenvalue weighted by molar-refractivity contribution is 0.482. The molecule has 4 aromatic rings. The SMILES string of the molecule is NC(=S)/N=N/c1[nH]c2c(ccc3c4ccccc4oc32)c1O. The van der Waals surface area contributed by atoms with E-state index in [-0.39, 0.29) is 16.7 Å². The van der Waals surface area contributed by atoms with Gasteiger partial charge in [0.15, 0.2) is 17.2 Å². The Kier molecular flexibility index (Phi) is 2.64. The topological polar surface area (TPSA) is 99.9 Å². The first kappa shape index (κ1) is 12.8. The first-order valence-corrected chi connectivity index (χ1v) is 6.92. The number of aromatic amines is 1. The summed E-state index contributed by atoms with van der Waals surface area (Å²) in [6.07, 6.45) is 0. The van der Waals surface area contributed by atoms with Gasteiger partial charge in [-0.2, -0.15) is 0 Å². The van der Waals surface area contributed by atoms with Crippen LogP contribution in [0.4, 0.5) is 5.82 Å². The fourth-order valence-corrected chi connectivity index (χ4v) is 2.63. The number of furan rings is 1. The van der Waals surface area contributed by atoms with Crippen molar-refractivity contribution in [2.24, 2.45) is 16.0 Å². The molecule has 0 bridgehead atoms. The van der Waals surface area contributed by atoms with Crippen molar-refractivity contribution in [3.8, 4) is 5.75 Å². The molecule has 0 aliphatic heterocycles. The third-order valence-electron chi connectivity index (χ3n) is 3.52. The third kappa shape index (κ3) is 1.76. The van der Waals surface area contributed by atoms with E-state index in [1.165, 1.54) is 0 Å². The molecule has 6 nitrogen and oxygen atoms in total. The number of nitrogens with one attached hydrogen (secondary N) is 1. The number of aromatic nitrogens is 1. The average molecular weight is 310 g/mol. The second kappa shape index (κ2) is 4.54. The van der Waals surface area contributed by atoms with E-state index in [1.54, 1.807) is 0 Å². The number of nitrogens with zero attached hydrogens (tertiary/aromatic N) is 2. The Morgan fingerprint density at radius 3 is 2.73 bits per heavy atom. The number of nitrogens with two attached hydrogens (primary N) is 1. The number of hydrogen-bond donors (Lipinski definition) is 3. The maximum absolute atomic E-state index is 10.2. The Morgan fingerprint density at radius 2 is 1.91 bits per heavy atom. The predicted octanol–water partition coefficient (Wildman–Crippen LogP) is 4.10. The van der Waals surface area contributed by atoms with Gasteiger partial charge in [0.05, 0.1) is 5.52 Å². The fourth-order valence-electron chi connectivity index (χ4n) is 2.59. The molecule has 0 saturated carbocycles. The Labute approximate surface area is 129 Å². The summed E-state index contributed by atoms with van der Waals surface area (Å²) in [6.45, 7) is 0. The van der Waals surface area contributed by atoms with E-state index in [1.807, 2.05) is 36.4 Å². The molecular formula is C15H10N4O2S. The van der Waals surface area contributed by atoms with E-state index < -0.39 is 0 Å². The zero-order chi connectivity index (χ0) is 15.3. The van der Waals surface area contributed by atoms with Crippen LogP contribution in [0.25, 0.3) is 32.8 Å². The van der Waals surface area contributed by atoms with E-state index >= 15 is 0 Å². The number of aromatic hydroxyl groups is 1. The zero-order valence-electron chi connectivity index (χ0n) is 11.2. The van der Waals surface area contributed by atoms with Crippen molar-refractivity contribution in [1.29, 1.82) is 0 Å². The van der Waals surface area contributed by atoms with Gasteiger partial charge in [-0.05, 0) is 30.4 Å². The van der Waals surface area contributed by atoms with Gasteiger partial charge in [0.2, 0.25) is 5.11 Å². The van der Waals surface area contributed by atoms with Crippen LogP contribution in [-0.4, -0.2) is 15.2 Å². The number of rotatable bonds is 1. The number of hydrogen-bond acceptors (Lipinski definition) is 4. The van der Waals surface area contributed by atoms with Crippen LogP contribution in [0.1, 0.15) is 0 Å². The van der Waals surface area contributed by atoms with Crippen LogP contribution >= 0.6 is 12.2 Å². The molecule has 108 valence electrons. The number of benzene rings is 2. The molecule has 0 amide bonds. The molecule has 0 fully saturated rings. The molecule has 0 radical (unpaired) electrons. The summed E-state index contributed by atoms with van der Waals surface area (Å²) >= 11 is 4.64. The van der Waals surface area contributed by atoms with Crippen molar-refractivity contribution in [3.05, 3.63) is 36.4 Å². The van der Waals surface area contributed by atoms with Crippen LogP contribution in [0.3, 0.4) is 0 Å². The van der Waals surface area contributed by atoms with E-state index in [2.05, 4.69) is 27.4 Å². The van der Waals surface area contributed by atoms with Gasteiger partial charge in [0, 0.05) is 16.2 Å². The van der Waals surface area contributed by atoms with Gasteiger partial charge < -0.3 is 20.2 Å². The number of para-hydroxylation sites is 1. The lowest BCUT2D eigenvalue weighted by atomic mass is 10.1. The molecule has 2 heterocycles. The minimum absolute atomic E-state index is 0.0163. The number of thiocarbonyl (C=S) groups is 1. The first-order chi connectivity index (χ1) is 10.6. The molecular weight excluding hydrogens is 300 g/mol. The van der Waals surface area contributed by atoms with Crippen molar-refractivity contribution in [1.82, 2.24) is 4.98 Å². The second-order valence-electron chi connectivity index (χ2n) is 4.82. The van der Waals surface area contributed by atoms with E-state index in [4.69, 9.17) is 10.2 Å². The van der Waals surface area contributed by atoms with Gasteiger partial charge >= 0.3 is 0 Å². The van der Waals surface area contributed by atoms with Gasteiger partial charge in [0.25, 0.3) is 0 Å². The molecule has 0 aliphatic rings. The normalized spacial score (nSPS) is 12.0. The molecule has 0 saturated heterocycles. The predicted molar refractivity (Wildman–Crippen MR) is 88.5 cm³/mol. The second-order valence-corrected chi connectivity index (χ2v) is 5.24. The molecule has 4 N–H and O–H groups in total. The maximum Gasteiger partial charge on any atom is 0.211 e. The van der Waals surface area contributed by atoms with Crippen LogP contribution in [0, 0.1) is 0 Å². The molecule has 2 aromatic heterocycles. The summed E-state index contributed by atoms with van der Waals surface area (Å²) in [7, 11) is 0. The molecule has 0 spiro atoms. The summed E-state index contributed by atoms with van der Waals surface area (Å²) in [5.41, 5.74) is 7.38. The molecule has 4 rings (SSSR count). The van der Waals surface area contributed by atoms with Crippen LogP contribution < -0.4 is 5.73 Å². The van der Waals surface area contributed by atoms with Crippen LogP contribution in [0.2, 0.25) is 0 Å². The summed E-state index contributed by atoms with van der Waals surface area (Å²) in [4.78, 5) is 3.00. The van der Waals surface area contributed by atoms with Crippen LogP contribution in [-0.2, 0) is 0 Å². The molecule has 0 atom stereocenters. The Morgan fingerprint density at radius 1 is 1.14 bits per heavy atom. The van der Waals surface area contributed by atoms with Crippen molar-refractivity contribution in [3.63, 3.8) is 0 Å². The standard InChI is InChI=1S/C15H10N4O2S/c16-15(22)19-18-14-12(20)9-6-5-8-7-3-1-2-4-10(7)21-13(8)11(9)17-14/h1-6,17,20H,(H2,16,22)/b19-18+. The highest BCUT2D eigenvalue weighted by Gasteiger charge is 2.16. The van der Waals surface area contributed by atoms with Crippen molar-refractivity contribution in [2.45, 2.75) is 0 Å². The average Bonchev–Trinajstić information content (AvgIpc) is 3.03. The molecule has 22 heavy (non-hydrogen) atoms. The Balaban J connectivity index is 2.07. The number of fused-ring (bicyclic) bond motifs is 5. The monoisotopic (exact) mass is 310 g/mol. The lowest BCUT2D eigenvalue weighted by Crippen LogP contribution is -2.01. The van der Waals surface area contributed by atoms with Gasteiger partial charge in [-0.3, -0.25) is 0 Å². The summed E-state index contributed by atoms with van der Waals surface area (Å²) in [5, 5.41) is 20.1. The highest BCUT2D eigenvalue weighted by atomic mass is 32.1. The third-order valence-corrected chi connectivity index (χ3v) is 3.60. The molecule has 0 aliphatic carbocycles. The smallest absolute Gasteiger partial charge is 0.211 e. The minimum Gasteiger partial charge on any atom is -0.504 e. The quantitative estimate of drug-likeness (QED) is 0.364. The van der Waals surface area contributed by atoms with Gasteiger partial charge in [0.1, 0.15) is 5.58 Å². The largest absolute Gasteiger partial charge is 0.504 e. The highest BCUT2D eigenvalue weighted by Crippen LogP contribution is 2.41. The highest BCUT2D eigenvalue weighted by molar-refractivity contribution is 7.80. The first-order valence-electron chi connectivity index (χ1n) is 6.51. The summed E-state index contributed by atoms with van der Waals surface area (Å²) in [6, 6.07) is 11.5. The minimum atomic E-state index is -0.105. The van der Waals surface area contributed by atoms with E-state index in [9.17, 15) is 5.11 Å². The van der Waals surface area contributed by atoms with Gasteiger partial charge in [-0.1, -0.05) is 18.2 Å². The Bertz CT molecular complexity index is 1080. The maximum atomic E-state index is 10.2. The summed E-state index contributed by atoms with van der Waals surface area (Å²) in [5.74, 6) is 0.174. The van der Waals surface area contributed by atoms with E-state index in [0.717, 1.165) is 16.4 Å². The summed E-state index contributed by atoms with van der Waals surface area (Å²) < 4.78 is 5.89. The van der Waals surface area contributed by atoms with Crippen LogP contribution in [0.15, 0.2) is 51.0 Å². The van der Waals surface area contributed by atoms with Crippen molar-refractivity contribution < 1.29 is 9.52 Å². The van der Waals surface area contributed by atoms with Gasteiger partial charge in [-0.25, -0.2) is 0 Å². The van der Waals surface area contributed by atoms with E-state index in [0.29, 0.717) is 16.5 Å². The fraction of sp³-hybridized carbons (Fsp3) is 0. The zero-order valence-corrected chi connectivity index (χ0v) is 12.0. The molecule has 7 heteroatoms. The lowest BCUT2D eigenvalue weighted by Gasteiger charge is -1.92. The Hall–Kier alpha value is -2.93. The van der Waals surface area contributed by atoms with Crippen LogP contribution in [0.5, 0.6) is 5.75 Å². The van der Waals surface area contributed by atoms with Gasteiger partial charge in [-0.15, -0.1) is 10.2 Å². The number of azo groups is 1. The number of H-pyrrole nitrogens is 1. The molecule has 0 unspecified atom stereocenters. The van der Waals surface area contributed by atoms with Crippen molar-refractivity contribution in [2.75, 3.05) is 0 Å².